The van der Waals surface area contributed by atoms with Gasteiger partial charge in [0.2, 0.25) is 5.91 Å². The molecule has 1 atom stereocenters. The Morgan fingerprint density at radius 1 is 1.80 bits per heavy atom. The van der Waals surface area contributed by atoms with Gasteiger partial charge in [-0.1, -0.05) is 0 Å². The number of carbonyl (C=O) groups excluding carboxylic acids is 1. The van der Waals surface area contributed by atoms with Crippen LogP contribution in [0.5, 0.6) is 0 Å². The van der Waals surface area contributed by atoms with Gasteiger partial charge >= 0.3 is 7.12 Å². The maximum atomic E-state index is 10.8. The molecule has 1 N–H and O–H groups in total. The minimum absolute atomic E-state index is 0.121. The van der Waals surface area contributed by atoms with E-state index in [0.29, 0.717) is 6.61 Å². The molecule has 0 radical (unpaired) electrons. The van der Waals surface area contributed by atoms with E-state index in [0.717, 1.165) is 0 Å². The monoisotopic (exact) mass is 143 g/mol. The summed E-state index contributed by atoms with van der Waals surface area (Å²) in [4.78, 5) is 10.8. The fourth-order valence-electron chi connectivity index (χ4n) is 0.831. The minimum atomic E-state index is -0.417. The summed E-state index contributed by atoms with van der Waals surface area (Å²) in [6.45, 7) is 2.13. The van der Waals surface area contributed by atoms with Crippen LogP contribution in [0.4, 0.5) is 0 Å². The highest BCUT2D eigenvalue weighted by molar-refractivity contribution is 6.43. The zero-order valence-electron chi connectivity index (χ0n) is 6.09. The predicted octanol–water partition coefficient (Wildman–Crippen LogP) is -0.734. The summed E-state index contributed by atoms with van der Waals surface area (Å²) in [6, 6.07) is 0. The van der Waals surface area contributed by atoms with E-state index in [2.05, 4.69) is 5.32 Å². The summed E-state index contributed by atoms with van der Waals surface area (Å²) in [5.41, 5.74) is 0. The second-order valence-electron chi connectivity index (χ2n) is 2.14. The average molecular weight is 143 g/mol. The molecular weight excluding hydrogens is 133 g/mol. The van der Waals surface area contributed by atoms with E-state index >= 15 is 0 Å². The van der Waals surface area contributed by atoms with Crippen molar-refractivity contribution in [3.8, 4) is 0 Å². The van der Waals surface area contributed by atoms with Crippen LogP contribution < -0.4 is 5.32 Å². The van der Waals surface area contributed by atoms with Crippen molar-refractivity contribution in [1.29, 1.82) is 0 Å². The number of carbonyl (C=O) groups is 1. The molecule has 56 valence electrons. The van der Waals surface area contributed by atoms with Gasteiger partial charge in [-0.05, 0) is 6.82 Å². The fraction of sp³-hybridized carbons (Fsp3) is 0.800. The fourth-order valence-corrected chi connectivity index (χ4v) is 0.831. The molecule has 1 unspecified atom stereocenters. The Morgan fingerprint density at radius 2 is 2.50 bits per heavy atom. The van der Waals surface area contributed by atoms with E-state index in [9.17, 15) is 4.79 Å². The Labute approximate surface area is 60.0 Å². The number of rotatable bonds is 1. The molecule has 4 nitrogen and oxygen atoms in total. The van der Waals surface area contributed by atoms with Crippen LogP contribution in [0.3, 0.4) is 0 Å². The summed E-state index contributed by atoms with van der Waals surface area (Å²) in [5, 5.41) is 2.48. The van der Waals surface area contributed by atoms with Crippen molar-refractivity contribution < 1.29 is 14.1 Å². The molecule has 1 saturated heterocycles. The lowest BCUT2D eigenvalue weighted by Crippen LogP contribution is -2.33. The highest BCUT2D eigenvalue weighted by Gasteiger charge is 2.30. The Balaban J connectivity index is 2.37. The number of hydrogen-bond donors (Lipinski definition) is 1. The summed E-state index contributed by atoms with van der Waals surface area (Å²) < 4.78 is 10.1. The molecule has 1 heterocycles. The van der Waals surface area contributed by atoms with Gasteiger partial charge in [0, 0.05) is 7.05 Å². The molecule has 0 saturated carbocycles. The van der Waals surface area contributed by atoms with Gasteiger partial charge in [0.05, 0.1) is 6.61 Å². The van der Waals surface area contributed by atoms with Crippen molar-refractivity contribution in [1.82, 2.24) is 5.32 Å². The van der Waals surface area contributed by atoms with Gasteiger partial charge in [0.25, 0.3) is 0 Å². The molecule has 0 aromatic rings. The molecule has 1 fully saturated rings. The largest absolute Gasteiger partial charge is 0.454 e. The van der Waals surface area contributed by atoms with Crippen molar-refractivity contribution in [3.63, 3.8) is 0 Å². The molecule has 1 aliphatic heterocycles. The number of hydrogen-bond acceptors (Lipinski definition) is 3. The molecule has 5 heteroatoms. The van der Waals surface area contributed by atoms with Crippen molar-refractivity contribution in [2.45, 2.75) is 12.9 Å². The smallest absolute Gasteiger partial charge is 0.408 e. The highest BCUT2D eigenvalue weighted by atomic mass is 16.6. The molecule has 0 aliphatic carbocycles. The van der Waals surface area contributed by atoms with Gasteiger partial charge in [0.1, 0.15) is 6.10 Å². The lowest BCUT2D eigenvalue weighted by atomic mass is 9.97. The third-order valence-electron chi connectivity index (χ3n) is 1.38. The highest BCUT2D eigenvalue weighted by Crippen LogP contribution is 2.06. The molecule has 10 heavy (non-hydrogen) atoms. The average Bonchev–Trinajstić information content (AvgIpc) is 2.34. The SMILES string of the molecule is CNC(=O)C1COB(C)O1. The first-order valence-electron chi connectivity index (χ1n) is 3.22. The van der Waals surface area contributed by atoms with Crippen LogP contribution in [-0.4, -0.2) is 32.8 Å². The molecule has 0 bridgehead atoms. The quantitative estimate of drug-likeness (QED) is 0.492. The van der Waals surface area contributed by atoms with Gasteiger partial charge in [0.15, 0.2) is 0 Å². The van der Waals surface area contributed by atoms with Crippen LogP contribution in [0.1, 0.15) is 0 Å². The molecule has 1 aliphatic rings. The first-order chi connectivity index (χ1) is 4.74. The van der Waals surface area contributed by atoms with E-state index in [4.69, 9.17) is 9.31 Å². The maximum absolute atomic E-state index is 10.8. The third-order valence-corrected chi connectivity index (χ3v) is 1.38. The summed E-state index contributed by atoms with van der Waals surface area (Å²) >= 11 is 0. The van der Waals surface area contributed by atoms with Gasteiger partial charge in [-0.15, -0.1) is 0 Å². The summed E-state index contributed by atoms with van der Waals surface area (Å²) in [5.74, 6) is -0.121. The van der Waals surface area contributed by atoms with E-state index < -0.39 is 6.10 Å². The molecule has 0 aromatic carbocycles. The number of amides is 1. The Kier molecular flexibility index (Phi) is 2.29. The summed E-state index contributed by atoms with van der Waals surface area (Å²) in [6.07, 6.45) is -0.417. The molecular formula is C5H10BNO3. The van der Waals surface area contributed by atoms with Crippen LogP contribution in [0, 0.1) is 0 Å². The van der Waals surface area contributed by atoms with Gasteiger partial charge in [-0.25, -0.2) is 0 Å². The van der Waals surface area contributed by atoms with Crippen LogP contribution in [0.15, 0.2) is 0 Å². The third kappa shape index (κ3) is 1.49. The van der Waals surface area contributed by atoms with E-state index in [1.165, 1.54) is 0 Å². The topological polar surface area (TPSA) is 47.6 Å². The normalized spacial score (nSPS) is 25.0. The zero-order chi connectivity index (χ0) is 7.56. The Morgan fingerprint density at radius 3 is 2.90 bits per heavy atom. The molecule has 0 aromatic heterocycles. The lowest BCUT2D eigenvalue weighted by molar-refractivity contribution is -0.126. The minimum Gasteiger partial charge on any atom is -0.408 e. The zero-order valence-corrected chi connectivity index (χ0v) is 6.09. The van der Waals surface area contributed by atoms with Crippen molar-refractivity contribution >= 4 is 13.0 Å². The first-order valence-corrected chi connectivity index (χ1v) is 3.22. The second-order valence-corrected chi connectivity index (χ2v) is 2.14. The van der Waals surface area contributed by atoms with Crippen molar-refractivity contribution in [2.75, 3.05) is 13.7 Å². The molecule has 1 rings (SSSR count). The van der Waals surface area contributed by atoms with Gasteiger partial charge in [-0.2, -0.15) is 0 Å². The van der Waals surface area contributed by atoms with E-state index in [-0.39, 0.29) is 13.0 Å². The van der Waals surface area contributed by atoms with Crippen LogP contribution in [-0.2, 0) is 14.1 Å². The number of likely N-dealkylation sites (N-methyl/N-ethyl adjacent to an activating group) is 1. The molecule has 1 amide bonds. The Bertz CT molecular complexity index is 141. The Hall–Kier alpha value is -0.545. The summed E-state index contributed by atoms with van der Waals surface area (Å²) in [7, 11) is 1.33. The second kappa shape index (κ2) is 3.03. The number of nitrogens with one attached hydrogen (secondary N) is 1. The van der Waals surface area contributed by atoms with Crippen molar-refractivity contribution in [3.05, 3.63) is 0 Å². The molecule has 0 spiro atoms. The van der Waals surface area contributed by atoms with Crippen LogP contribution in [0.25, 0.3) is 0 Å². The standard InChI is InChI=1S/C5H10BNO3/c1-6-9-3-4(10-6)5(8)7-2/h4H,3H2,1-2H3,(H,7,8). The van der Waals surface area contributed by atoms with E-state index in [1.54, 1.807) is 13.9 Å². The predicted molar refractivity (Wildman–Crippen MR) is 36.5 cm³/mol. The van der Waals surface area contributed by atoms with Crippen LogP contribution >= 0.6 is 0 Å². The van der Waals surface area contributed by atoms with Crippen LogP contribution in [0.2, 0.25) is 6.82 Å². The van der Waals surface area contributed by atoms with Gasteiger partial charge in [-0.3, -0.25) is 4.79 Å². The van der Waals surface area contributed by atoms with Gasteiger partial charge < -0.3 is 14.6 Å². The van der Waals surface area contributed by atoms with Crippen molar-refractivity contribution in [2.24, 2.45) is 0 Å². The maximum Gasteiger partial charge on any atom is 0.454 e. The lowest BCUT2D eigenvalue weighted by Gasteiger charge is -2.05. The van der Waals surface area contributed by atoms with E-state index in [1.807, 2.05) is 0 Å². The first kappa shape index (κ1) is 7.56.